The van der Waals surface area contributed by atoms with Crippen LogP contribution < -0.4 is 10.6 Å². The molecule has 1 aromatic carbocycles. The number of urea groups is 1. The quantitative estimate of drug-likeness (QED) is 0.764. The van der Waals surface area contributed by atoms with E-state index in [-0.39, 0.29) is 6.03 Å². The van der Waals surface area contributed by atoms with Crippen LogP contribution in [0.1, 0.15) is 24.7 Å². The molecular weight excluding hydrogens is 311 g/mol. The average Bonchev–Trinajstić information content (AvgIpc) is 2.85. The van der Waals surface area contributed by atoms with Crippen molar-refractivity contribution >= 4 is 11.7 Å². The Morgan fingerprint density at radius 1 is 1.33 bits per heavy atom. The van der Waals surface area contributed by atoms with E-state index in [9.17, 15) is 9.18 Å². The van der Waals surface area contributed by atoms with Crippen LogP contribution in [-0.4, -0.2) is 35.6 Å². The first kappa shape index (κ1) is 17.9. The van der Waals surface area contributed by atoms with Crippen LogP contribution in [0.2, 0.25) is 0 Å². The van der Waals surface area contributed by atoms with E-state index >= 15 is 0 Å². The van der Waals surface area contributed by atoms with Crippen LogP contribution in [0, 0.1) is 19.7 Å². The number of amides is 2. The molecule has 2 N–H and O–H groups in total. The van der Waals surface area contributed by atoms with Crippen molar-refractivity contribution in [3.8, 4) is 5.69 Å². The van der Waals surface area contributed by atoms with E-state index in [0.717, 1.165) is 17.8 Å². The number of carbonyl (C=O) groups excluding carboxylic acids is 1. The van der Waals surface area contributed by atoms with Crippen molar-refractivity contribution in [2.24, 2.45) is 0 Å². The lowest BCUT2D eigenvalue weighted by atomic mass is 10.2. The normalized spacial score (nSPS) is 10.7. The van der Waals surface area contributed by atoms with Crippen LogP contribution in [0.25, 0.3) is 5.69 Å². The molecular formula is C17H23FN4O2. The van der Waals surface area contributed by atoms with Crippen LogP contribution in [0.5, 0.6) is 0 Å². The average molecular weight is 334 g/mol. The summed E-state index contributed by atoms with van der Waals surface area (Å²) in [5.74, 6) is -0.449. The third kappa shape index (κ3) is 4.79. The van der Waals surface area contributed by atoms with Crippen molar-refractivity contribution < 1.29 is 13.9 Å². The molecule has 0 bridgehead atoms. The Morgan fingerprint density at radius 3 is 2.75 bits per heavy atom. The zero-order valence-electron chi connectivity index (χ0n) is 14.2. The van der Waals surface area contributed by atoms with Gasteiger partial charge in [-0.1, -0.05) is 0 Å². The number of hydrogen-bond acceptors (Lipinski definition) is 3. The lowest BCUT2D eigenvalue weighted by Crippen LogP contribution is -2.30. The Labute approximate surface area is 141 Å². The fourth-order valence-corrected chi connectivity index (χ4v) is 2.32. The topological polar surface area (TPSA) is 68.2 Å². The van der Waals surface area contributed by atoms with E-state index in [1.54, 1.807) is 16.8 Å². The van der Waals surface area contributed by atoms with E-state index in [1.807, 2.05) is 26.8 Å². The van der Waals surface area contributed by atoms with Gasteiger partial charge in [0.15, 0.2) is 5.82 Å². The Kier molecular flexibility index (Phi) is 6.31. The van der Waals surface area contributed by atoms with E-state index in [4.69, 9.17) is 4.74 Å². The number of anilines is 1. The Bertz CT molecular complexity index is 700. The molecule has 1 heterocycles. The van der Waals surface area contributed by atoms with Crippen molar-refractivity contribution in [3.05, 3.63) is 41.5 Å². The highest BCUT2D eigenvalue weighted by Crippen LogP contribution is 2.19. The van der Waals surface area contributed by atoms with Crippen LogP contribution in [0.15, 0.2) is 24.3 Å². The zero-order valence-corrected chi connectivity index (χ0v) is 14.2. The number of halogens is 1. The number of nitrogens with zero attached hydrogens (tertiary/aromatic N) is 2. The molecule has 130 valence electrons. The molecule has 0 spiro atoms. The molecule has 0 aliphatic rings. The Hall–Kier alpha value is -2.41. The fourth-order valence-electron chi connectivity index (χ4n) is 2.32. The number of nitrogens with one attached hydrogen (secondary N) is 2. The summed E-state index contributed by atoms with van der Waals surface area (Å²) in [6.07, 6.45) is 0.729. The summed E-state index contributed by atoms with van der Waals surface area (Å²) in [5, 5.41) is 9.57. The molecule has 6 nitrogen and oxygen atoms in total. The number of rotatable bonds is 7. The van der Waals surface area contributed by atoms with E-state index in [2.05, 4.69) is 15.7 Å². The van der Waals surface area contributed by atoms with Gasteiger partial charge in [0.1, 0.15) is 5.69 Å². The molecule has 0 unspecified atom stereocenters. The number of carbonyl (C=O) groups is 1. The molecule has 2 rings (SSSR count). The first-order valence-corrected chi connectivity index (χ1v) is 7.97. The van der Waals surface area contributed by atoms with Crippen LogP contribution in [0.4, 0.5) is 14.9 Å². The van der Waals surface area contributed by atoms with E-state index in [1.165, 1.54) is 6.07 Å². The monoisotopic (exact) mass is 334 g/mol. The maximum absolute atomic E-state index is 14.3. The SMILES string of the molecule is CCOCCCNC(=O)Nc1ccc(-n2nc(C)cc2C)c(F)c1. The third-order valence-electron chi connectivity index (χ3n) is 3.40. The molecule has 24 heavy (non-hydrogen) atoms. The van der Waals surface area contributed by atoms with Gasteiger partial charge in [-0.3, -0.25) is 0 Å². The molecule has 0 radical (unpaired) electrons. The van der Waals surface area contributed by atoms with Crippen molar-refractivity contribution in [2.75, 3.05) is 25.1 Å². The van der Waals surface area contributed by atoms with Gasteiger partial charge in [0.2, 0.25) is 0 Å². The first-order valence-electron chi connectivity index (χ1n) is 7.97. The van der Waals surface area contributed by atoms with Gasteiger partial charge in [-0.2, -0.15) is 5.10 Å². The van der Waals surface area contributed by atoms with E-state index in [0.29, 0.717) is 31.1 Å². The van der Waals surface area contributed by atoms with Gasteiger partial charge >= 0.3 is 6.03 Å². The summed E-state index contributed by atoms with van der Waals surface area (Å²) in [5.41, 5.74) is 2.41. The van der Waals surface area contributed by atoms with Crippen LogP contribution >= 0.6 is 0 Å². The van der Waals surface area contributed by atoms with Gasteiger partial charge in [0.05, 0.1) is 5.69 Å². The molecule has 1 aromatic heterocycles. The van der Waals surface area contributed by atoms with Gasteiger partial charge < -0.3 is 15.4 Å². The molecule has 0 atom stereocenters. The highest BCUT2D eigenvalue weighted by Gasteiger charge is 2.11. The maximum atomic E-state index is 14.3. The summed E-state index contributed by atoms with van der Waals surface area (Å²) in [6.45, 7) is 7.40. The molecule has 0 saturated heterocycles. The second-order valence-corrected chi connectivity index (χ2v) is 5.44. The van der Waals surface area contributed by atoms with Gasteiger partial charge in [-0.05, 0) is 51.5 Å². The van der Waals surface area contributed by atoms with Gasteiger partial charge in [0.25, 0.3) is 0 Å². The molecule has 0 saturated carbocycles. The summed E-state index contributed by atoms with van der Waals surface area (Å²) < 4.78 is 21.0. The molecule has 7 heteroatoms. The Balaban J connectivity index is 1.95. The second kappa shape index (κ2) is 8.44. The minimum atomic E-state index is -0.449. The lowest BCUT2D eigenvalue weighted by Gasteiger charge is -2.10. The minimum absolute atomic E-state index is 0.350. The number of aryl methyl sites for hydroxylation is 2. The number of ether oxygens (including phenoxy) is 1. The summed E-state index contributed by atoms with van der Waals surface area (Å²) in [6, 6.07) is 6.03. The third-order valence-corrected chi connectivity index (χ3v) is 3.40. The number of hydrogen-bond donors (Lipinski definition) is 2. The second-order valence-electron chi connectivity index (χ2n) is 5.44. The van der Waals surface area contributed by atoms with Crippen molar-refractivity contribution in [1.29, 1.82) is 0 Å². The summed E-state index contributed by atoms with van der Waals surface area (Å²) in [4.78, 5) is 11.8. The van der Waals surface area contributed by atoms with Crippen LogP contribution in [0.3, 0.4) is 0 Å². The van der Waals surface area contributed by atoms with Crippen molar-refractivity contribution in [2.45, 2.75) is 27.2 Å². The van der Waals surface area contributed by atoms with Gasteiger partial charge in [-0.15, -0.1) is 0 Å². The fraction of sp³-hybridized carbons (Fsp3) is 0.412. The number of benzene rings is 1. The van der Waals surface area contributed by atoms with Crippen LogP contribution in [-0.2, 0) is 4.74 Å². The van der Waals surface area contributed by atoms with Crippen molar-refractivity contribution in [3.63, 3.8) is 0 Å². The molecule has 0 fully saturated rings. The molecule has 0 aliphatic carbocycles. The summed E-state index contributed by atoms with van der Waals surface area (Å²) in [7, 11) is 0. The first-order chi connectivity index (χ1) is 11.5. The predicted molar refractivity (Wildman–Crippen MR) is 91.1 cm³/mol. The summed E-state index contributed by atoms with van der Waals surface area (Å²) >= 11 is 0. The Morgan fingerprint density at radius 2 is 2.12 bits per heavy atom. The number of aromatic nitrogens is 2. The zero-order chi connectivity index (χ0) is 17.5. The smallest absolute Gasteiger partial charge is 0.319 e. The largest absolute Gasteiger partial charge is 0.382 e. The minimum Gasteiger partial charge on any atom is -0.382 e. The highest BCUT2D eigenvalue weighted by molar-refractivity contribution is 5.89. The molecule has 0 aliphatic heterocycles. The highest BCUT2D eigenvalue weighted by atomic mass is 19.1. The maximum Gasteiger partial charge on any atom is 0.319 e. The lowest BCUT2D eigenvalue weighted by molar-refractivity contribution is 0.145. The molecule has 2 aromatic rings. The van der Waals surface area contributed by atoms with Gasteiger partial charge in [-0.25, -0.2) is 13.9 Å². The predicted octanol–water partition coefficient (Wildman–Crippen LogP) is 3.18. The standard InChI is InChI=1S/C17H23FN4O2/c1-4-24-9-5-8-19-17(23)20-14-6-7-16(15(18)11-14)22-13(3)10-12(2)21-22/h6-7,10-11H,4-5,8-9H2,1-3H3,(H2,19,20,23). The molecule has 2 amide bonds. The van der Waals surface area contributed by atoms with Crippen molar-refractivity contribution in [1.82, 2.24) is 15.1 Å². The van der Waals surface area contributed by atoms with Gasteiger partial charge in [0, 0.05) is 31.1 Å². The van der Waals surface area contributed by atoms with E-state index < -0.39 is 5.82 Å².